The van der Waals surface area contributed by atoms with Crippen molar-refractivity contribution in [3.63, 3.8) is 0 Å². The van der Waals surface area contributed by atoms with E-state index in [4.69, 9.17) is 0 Å². The topological polar surface area (TPSA) is 60.9 Å². The van der Waals surface area contributed by atoms with Gasteiger partial charge in [0.2, 0.25) is 0 Å². The van der Waals surface area contributed by atoms with Crippen molar-refractivity contribution >= 4 is 17.8 Å². The minimum atomic E-state index is 0.642. The van der Waals surface area contributed by atoms with Crippen molar-refractivity contribution in [1.82, 2.24) is 29.1 Å². The standard InChI is InChI=1S/C19H18N6/c1-13-11-20-14(2)19-22-17(23-25(13)19)9-10-18-21-16(12-24(18)3)15-7-5-4-6-8-15/h4-12H,1-3H3. The third-order valence-electron chi connectivity index (χ3n) is 4.09. The Morgan fingerprint density at radius 1 is 1.00 bits per heavy atom. The van der Waals surface area contributed by atoms with Crippen LogP contribution in [-0.2, 0) is 7.05 Å². The van der Waals surface area contributed by atoms with Gasteiger partial charge in [0.1, 0.15) is 5.82 Å². The van der Waals surface area contributed by atoms with Crippen LogP contribution in [0.5, 0.6) is 0 Å². The summed E-state index contributed by atoms with van der Waals surface area (Å²) in [4.78, 5) is 13.6. The summed E-state index contributed by atoms with van der Waals surface area (Å²) >= 11 is 0. The molecule has 0 aliphatic carbocycles. The molecule has 6 nitrogen and oxygen atoms in total. The van der Waals surface area contributed by atoms with Gasteiger partial charge in [0.05, 0.1) is 17.1 Å². The fourth-order valence-corrected chi connectivity index (χ4v) is 2.71. The summed E-state index contributed by atoms with van der Waals surface area (Å²) in [5, 5.41) is 4.52. The molecule has 1 aromatic carbocycles. The van der Waals surface area contributed by atoms with Crippen molar-refractivity contribution in [2.24, 2.45) is 7.05 Å². The Balaban J connectivity index is 1.68. The first-order chi connectivity index (χ1) is 12.1. The SMILES string of the molecule is Cc1ncc(C)n2nc(C=Cc3nc(-c4ccccc4)cn3C)nc12. The van der Waals surface area contributed by atoms with E-state index in [0.29, 0.717) is 5.82 Å². The van der Waals surface area contributed by atoms with Crippen LogP contribution in [0.15, 0.2) is 42.7 Å². The molecule has 0 saturated heterocycles. The second kappa shape index (κ2) is 5.98. The quantitative estimate of drug-likeness (QED) is 0.578. The Hall–Kier alpha value is -3.28. The van der Waals surface area contributed by atoms with E-state index in [9.17, 15) is 0 Å². The number of nitrogens with zero attached hydrogens (tertiary/aromatic N) is 6. The Kier molecular flexibility index (Phi) is 3.65. The molecule has 3 aromatic heterocycles. The van der Waals surface area contributed by atoms with E-state index < -0.39 is 0 Å². The van der Waals surface area contributed by atoms with Gasteiger partial charge in [-0.05, 0) is 26.0 Å². The molecule has 124 valence electrons. The van der Waals surface area contributed by atoms with E-state index in [1.165, 1.54) is 0 Å². The van der Waals surface area contributed by atoms with Gasteiger partial charge in [-0.15, -0.1) is 5.10 Å². The van der Waals surface area contributed by atoms with Gasteiger partial charge in [-0.25, -0.2) is 14.5 Å². The van der Waals surface area contributed by atoms with E-state index in [2.05, 4.69) is 32.2 Å². The maximum absolute atomic E-state index is 4.69. The van der Waals surface area contributed by atoms with E-state index in [0.717, 1.165) is 34.1 Å². The van der Waals surface area contributed by atoms with Gasteiger partial charge >= 0.3 is 0 Å². The lowest BCUT2D eigenvalue weighted by atomic mass is 10.2. The summed E-state index contributed by atoms with van der Waals surface area (Å²) in [6.45, 7) is 3.90. The first-order valence-corrected chi connectivity index (χ1v) is 8.07. The number of hydrogen-bond acceptors (Lipinski definition) is 4. The fourth-order valence-electron chi connectivity index (χ4n) is 2.71. The van der Waals surface area contributed by atoms with Gasteiger partial charge in [0.15, 0.2) is 11.5 Å². The van der Waals surface area contributed by atoms with Crippen LogP contribution in [0, 0.1) is 13.8 Å². The molecular formula is C19H18N6. The highest BCUT2D eigenvalue weighted by molar-refractivity contribution is 5.67. The third kappa shape index (κ3) is 2.82. The van der Waals surface area contributed by atoms with Gasteiger partial charge in [0.25, 0.3) is 0 Å². The zero-order chi connectivity index (χ0) is 17.4. The zero-order valence-electron chi connectivity index (χ0n) is 14.4. The Bertz CT molecular complexity index is 1030. The lowest BCUT2D eigenvalue weighted by Gasteiger charge is -1.97. The van der Waals surface area contributed by atoms with Crippen molar-refractivity contribution in [2.75, 3.05) is 0 Å². The average molecular weight is 330 g/mol. The van der Waals surface area contributed by atoms with Crippen LogP contribution >= 0.6 is 0 Å². The summed E-state index contributed by atoms with van der Waals surface area (Å²) in [7, 11) is 1.98. The van der Waals surface area contributed by atoms with Crippen LogP contribution in [-0.4, -0.2) is 29.1 Å². The highest BCUT2D eigenvalue weighted by Gasteiger charge is 2.08. The summed E-state index contributed by atoms with van der Waals surface area (Å²) in [6.07, 6.45) is 7.63. The molecular weight excluding hydrogens is 312 g/mol. The lowest BCUT2D eigenvalue weighted by molar-refractivity contribution is 0.883. The molecule has 0 fully saturated rings. The molecule has 3 heterocycles. The van der Waals surface area contributed by atoms with Crippen LogP contribution < -0.4 is 0 Å². The van der Waals surface area contributed by atoms with Crippen LogP contribution in [0.2, 0.25) is 0 Å². The molecule has 0 spiro atoms. The molecule has 4 rings (SSSR count). The monoisotopic (exact) mass is 330 g/mol. The molecule has 0 saturated carbocycles. The smallest absolute Gasteiger partial charge is 0.177 e. The summed E-state index contributed by atoms with van der Waals surface area (Å²) in [5.41, 5.74) is 4.64. The fraction of sp³-hybridized carbons (Fsp3) is 0.158. The summed E-state index contributed by atoms with van der Waals surface area (Å²) < 4.78 is 3.81. The number of benzene rings is 1. The van der Waals surface area contributed by atoms with Gasteiger partial charge in [-0.3, -0.25) is 4.98 Å². The van der Waals surface area contributed by atoms with Crippen molar-refractivity contribution < 1.29 is 0 Å². The number of fused-ring (bicyclic) bond motifs is 1. The highest BCUT2D eigenvalue weighted by atomic mass is 15.3. The van der Waals surface area contributed by atoms with Crippen LogP contribution in [0.3, 0.4) is 0 Å². The van der Waals surface area contributed by atoms with E-state index in [1.807, 2.05) is 66.5 Å². The van der Waals surface area contributed by atoms with E-state index in [-0.39, 0.29) is 0 Å². The van der Waals surface area contributed by atoms with Gasteiger partial charge in [-0.2, -0.15) is 0 Å². The minimum Gasteiger partial charge on any atom is -0.334 e. The van der Waals surface area contributed by atoms with Gasteiger partial charge in [0, 0.05) is 25.0 Å². The molecule has 0 radical (unpaired) electrons. The minimum absolute atomic E-state index is 0.642. The molecule has 0 unspecified atom stereocenters. The molecule has 6 heteroatoms. The second-order valence-corrected chi connectivity index (χ2v) is 5.99. The number of imidazole rings is 1. The number of hydrogen-bond donors (Lipinski definition) is 0. The molecule has 25 heavy (non-hydrogen) atoms. The van der Waals surface area contributed by atoms with E-state index in [1.54, 1.807) is 6.20 Å². The molecule has 4 aromatic rings. The summed E-state index contributed by atoms with van der Waals surface area (Å²) in [6, 6.07) is 10.1. The molecule has 0 aliphatic rings. The maximum atomic E-state index is 4.69. The van der Waals surface area contributed by atoms with Crippen LogP contribution in [0.1, 0.15) is 23.0 Å². The van der Waals surface area contributed by atoms with Gasteiger partial charge < -0.3 is 4.57 Å². The Morgan fingerprint density at radius 3 is 2.56 bits per heavy atom. The molecule has 0 amide bonds. The predicted molar refractivity (Wildman–Crippen MR) is 97.8 cm³/mol. The normalized spacial score (nSPS) is 11.6. The molecule has 0 aliphatic heterocycles. The number of rotatable bonds is 3. The first-order valence-electron chi connectivity index (χ1n) is 8.07. The lowest BCUT2D eigenvalue weighted by Crippen LogP contribution is -1.97. The van der Waals surface area contributed by atoms with Crippen LogP contribution in [0.25, 0.3) is 29.1 Å². The third-order valence-corrected chi connectivity index (χ3v) is 4.09. The Labute approximate surface area is 145 Å². The largest absolute Gasteiger partial charge is 0.334 e. The number of aryl methyl sites for hydroxylation is 3. The van der Waals surface area contributed by atoms with Crippen molar-refractivity contribution in [3.8, 4) is 11.3 Å². The molecule has 0 atom stereocenters. The zero-order valence-corrected chi connectivity index (χ0v) is 14.4. The summed E-state index contributed by atoms with van der Waals surface area (Å²) in [5.74, 6) is 1.49. The van der Waals surface area contributed by atoms with Crippen LogP contribution in [0.4, 0.5) is 0 Å². The Morgan fingerprint density at radius 2 is 1.80 bits per heavy atom. The maximum Gasteiger partial charge on any atom is 0.177 e. The van der Waals surface area contributed by atoms with Crippen molar-refractivity contribution in [1.29, 1.82) is 0 Å². The van der Waals surface area contributed by atoms with Crippen molar-refractivity contribution in [3.05, 3.63) is 65.8 Å². The first kappa shape index (κ1) is 15.3. The van der Waals surface area contributed by atoms with Crippen molar-refractivity contribution in [2.45, 2.75) is 13.8 Å². The predicted octanol–water partition coefficient (Wildman–Crippen LogP) is 3.31. The highest BCUT2D eigenvalue weighted by Crippen LogP contribution is 2.18. The molecule has 0 N–H and O–H groups in total. The van der Waals surface area contributed by atoms with Gasteiger partial charge in [-0.1, -0.05) is 30.3 Å². The second-order valence-electron chi connectivity index (χ2n) is 5.99. The van der Waals surface area contributed by atoms with E-state index >= 15 is 0 Å². The average Bonchev–Trinajstić information content (AvgIpc) is 3.22. The molecule has 0 bridgehead atoms. The number of aromatic nitrogens is 6.